The summed E-state index contributed by atoms with van der Waals surface area (Å²) in [5.74, 6) is 0.476. The Morgan fingerprint density at radius 2 is 2.47 bits per heavy atom. The van der Waals surface area contributed by atoms with Gasteiger partial charge in [0.2, 0.25) is 0 Å². The van der Waals surface area contributed by atoms with Gasteiger partial charge in [0.15, 0.2) is 0 Å². The van der Waals surface area contributed by atoms with Crippen LogP contribution >= 0.6 is 0 Å². The van der Waals surface area contributed by atoms with Gasteiger partial charge < -0.3 is 10.4 Å². The van der Waals surface area contributed by atoms with Crippen LogP contribution in [0.4, 0.5) is 0 Å². The Morgan fingerprint density at radius 1 is 1.60 bits per heavy atom. The van der Waals surface area contributed by atoms with Crippen molar-refractivity contribution in [1.82, 2.24) is 10.3 Å². The molecule has 0 aliphatic carbocycles. The molecule has 1 aromatic heterocycles. The first kappa shape index (κ1) is 10.6. The Hall–Kier alpha value is -0.930. The molecule has 1 aromatic rings. The average molecular weight is 206 g/mol. The van der Waals surface area contributed by atoms with Gasteiger partial charge in [0.1, 0.15) is 0 Å². The number of hydrogen-bond acceptors (Lipinski definition) is 3. The Labute approximate surface area is 90.5 Å². The lowest BCUT2D eigenvalue weighted by atomic mass is 9.82. The average Bonchev–Trinajstić information content (AvgIpc) is 2.30. The summed E-state index contributed by atoms with van der Waals surface area (Å²) in [5, 5.41) is 12.7. The van der Waals surface area contributed by atoms with E-state index in [9.17, 15) is 5.11 Å². The molecule has 0 aromatic carbocycles. The van der Waals surface area contributed by atoms with Crippen molar-refractivity contribution in [3.8, 4) is 0 Å². The Balaban J connectivity index is 2.11. The third kappa shape index (κ3) is 2.36. The second kappa shape index (κ2) is 4.29. The monoisotopic (exact) mass is 206 g/mol. The molecule has 15 heavy (non-hydrogen) atoms. The number of aromatic nitrogens is 1. The third-order valence-electron chi connectivity index (χ3n) is 3.20. The van der Waals surface area contributed by atoms with Crippen LogP contribution in [-0.4, -0.2) is 28.8 Å². The lowest BCUT2D eigenvalue weighted by molar-refractivity contribution is 0.136. The van der Waals surface area contributed by atoms with Crippen molar-refractivity contribution in [3.63, 3.8) is 0 Å². The van der Waals surface area contributed by atoms with E-state index in [1.165, 1.54) is 0 Å². The molecule has 3 nitrogen and oxygen atoms in total. The van der Waals surface area contributed by atoms with Gasteiger partial charge in [-0.25, -0.2) is 0 Å². The number of hydrogen-bond donors (Lipinski definition) is 2. The normalized spacial score (nSPS) is 31.5. The van der Waals surface area contributed by atoms with E-state index in [1.807, 2.05) is 18.3 Å². The van der Waals surface area contributed by atoms with Crippen LogP contribution in [0.25, 0.3) is 0 Å². The SMILES string of the molecule is CC1(CO)CC(c2ccccn2)CCN1. The molecule has 0 spiro atoms. The lowest BCUT2D eigenvalue weighted by Gasteiger charge is -2.37. The van der Waals surface area contributed by atoms with Crippen LogP contribution in [0.15, 0.2) is 24.4 Å². The molecular formula is C12H18N2O. The van der Waals surface area contributed by atoms with E-state index in [2.05, 4.69) is 23.3 Å². The molecule has 0 saturated carbocycles. The number of aliphatic hydroxyl groups is 1. The summed E-state index contributed by atoms with van der Waals surface area (Å²) in [4.78, 5) is 4.39. The fraction of sp³-hybridized carbons (Fsp3) is 0.583. The van der Waals surface area contributed by atoms with Gasteiger partial charge in [-0.3, -0.25) is 4.98 Å². The largest absolute Gasteiger partial charge is 0.394 e. The second-order valence-corrected chi connectivity index (χ2v) is 4.59. The van der Waals surface area contributed by atoms with Crippen LogP contribution in [0, 0.1) is 0 Å². The maximum atomic E-state index is 9.33. The number of piperidine rings is 1. The molecule has 82 valence electrons. The zero-order chi connectivity index (χ0) is 10.7. The molecule has 2 unspecified atom stereocenters. The molecule has 1 fully saturated rings. The van der Waals surface area contributed by atoms with Gasteiger partial charge in [-0.15, -0.1) is 0 Å². The van der Waals surface area contributed by atoms with Crippen LogP contribution in [0.5, 0.6) is 0 Å². The summed E-state index contributed by atoms with van der Waals surface area (Å²) >= 11 is 0. The van der Waals surface area contributed by atoms with E-state index in [0.29, 0.717) is 5.92 Å². The minimum Gasteiger partial charge on any atom is -0.394 e. The summed E-state index contributed by atoms with van der Waals surface area (Å²) in [7, 11) is 0. The molecule has 0 amide bonds. The standard InChI is InChI=1S/C12H18N2O/c1-12(9-15)8-10(5-7-14-12)11-4-2-3-6-13-11/h2-4,6,10,14-15H,5,7-9H2,1H3. The first-order valence-electron chi connectivity index (χ1n) is 5.50. The van der Waals surface area contributed by atoms with Gasteiger partial charge in [0, 0.05) is 23.3 Å². The molecule has 1 aliphatic heterocycles. The predicted molar refractivity (Wildman–Crippen MR) is 59.7 cm³/mol. The lowest BCUT2D eigenvalue weighted by Crippen LogP contribution is -2.50. The van der Waals surface area contributed by atoms with Crippen molar-refractivity contribution in [2.45, 2.75) is 31.2 Å². The van der Waals surface area contributed by atoms with Crippen molar-refractivity contribution < 1.29 is 5.11 Å². The van der Waals surface area contributed by atoms with Crippen LogP contribution in [0.3, 0.4) is 0 Å². The maximum absolute atomic E-state index is 9.33. The molecule has 3 heteroatoms. The molecule has 2 rings (SSSR count). The van der Waals surface area contributed by atoms with E-state index in [-0.39, 0.29) is 12.1 Å². The Morgan fingerprint density at radius 3 is 3.13 bits per heavy atom. The highest BCUT2D eigenvalue weighted by atomic mass is 16.3. The summed E-state index contributed by atoms with van der Waals surface area (Å²) in [6.45, 7) is 3.22. The predicted octanol–water partition coefficient (Wildman–Crippen LogP) is 1.30. The molecule has 1 aliphatic rings. The number of pyridine rings is 1. The van der Waals surface area contributed by atoms with E-state index in [1.54, 1.807) is 0 Å². The zero-order valence-electron chi connectivity index (χ0n) is 9.11. The Bertz CT molecular complexity index is 315. The van der Waals surface area contributed by atoms with Crippen molar-refractivity contribution in [2.24, 2.45) is 0 Å². The fourth-order valence-corrected chi connectivity index (χ4v) is 2.26. The number of nitrogens with zero attached hydrogens (tertiary/aromatic N) is 1. The molecule has 2 atom stereocenters. The highest BCUT2D eigenvalue weighted by Gasteiger charge is 2.32. The van der Waals surface area contributed by atoms with Crippen LogP contribution in [0.2, 0.25) is 0 Å². The summed E-state index contributed by atoms with van der Waals surface area (Å²) < 4.78 is 0. The third-order valence-corrected chi connectivity index (χ3v) is 3.20. The van der Waals surface area contributed by atoms with Gasteiger partial charge in [-0.05, 0) is 38.4 Å². The topological polar surface area (TPSA) is 45.2 Å². The van der Waals surface area contributed by atoms with Gasteiger partial charge in [0.25, 0.3) is 0 Å². The van der Waals surface area contributed by atoms with E-state index >= 15 is 0 Å². The van der Waals surface area contributed by atoms with Gasteiger partial charge in [-0.2, -0.15) is 0 Å². The minimum absolute atomic E-state index is 0.138. The molecule has 0 bridgehead atoms. The maximum Gasteiger partial charge on any atom is 0.0610 e. The zero-order valence-corrected chi connectivity index (χ0v) is 9.11. The highest BCUT2D eigenvalue weighted by molar-refractivity contribution is 5.12. The summed E-state index contributed by atoms with van der Waals surface area (Å²) in [5.41, 5.74) is 1.01. The van der Waals surface area contributed by atoms with Crippen molar-refractivity contribution in [3.05, 3.63) is 30.1 Å². The molecule has 2 N–H and O–H groups in total. The van der Waals surface area contributed by atoms with Crippen LogP contribution in [-0.2, 0) is 0 Å². The van der Waals surface area contributed by atoms with Gasteiger partial charge in [-0.1, -0.05) is 6.07 Å². The molecular weight excluding hydrogens is 188 g/mol. The number of nitrogens with one attached hydrogen (secondary N) is 1. The summed E-state index contributed by atoms with van der Waals surface area (Å²) in [6, 6.07) is 6.05. The first-order chi connectivity index (χ1) is 7.23. The van der Waals surface area contributed by atoms with Crippen LogP contribution < -0.4 is 5.32 Å². The molecule has 1 saturated heterocycles. The van der Waals surface area contributed by atoms with Crippen molar-refractivity contribution >= 4 is 0 Å². The molecule has 0 radical (unpaired) electrons. The van der Waals surface area contributed by atoms with E-state index in [4.69, 9.17) is 0 Å². The van der Waals surface area contributed by atoms with Crippen molar-refractivity contribution in [2.75, 3.05) is 13.2 Å². The number of aliphatic hydroxyl groups excluding tert-OH is 1. The van der Waals surface area contributed by atoms with Crippen LogP contribution in [0.1, 0.15) is 31.4 Å². The van der Waals surface area contributed by atoms with Crippen molar-refractivity contribution in [1.29, 1.82) is 0 Å². The van der Waals surface area contributed by atoms with Gasteiger partial charge in [0.05, 0.1) is 6.61 Å². The Kier molecular flexibility index (Phi) is 3.03. The smallest absolute Gasteiger partial charge is 0.0610 e. The molecule has 2 heterocycles. The quantitative estimate of drug-likeness (QED) is 0.766. The van der Waals surface area contributed by atoms with Gasteiger partial charge >= 0.3 is 0 Å². The minimum atomic E-state index is -0.138. The first-order valence-corrected chi connectivity index (χ1v) is 5.50. The van der Waals surface area contributed by atoms with E-state index < -0.39 is 0 Å². The number of rotatable bonds is 2. The highest BCUT2D eigenvalue weighted by Crippen LogP contribution is 2.30. The second-order valence-electron chi connectivity index (χ2n) is 4.59. The summed E-state index contributed by atoms with van der Waals surface area (Å²) in [6.07, 6.45) is 3.90. The fourth-order valence-electron chi connectivity index (χ4n) is 2.26. The van der Waals surface area contributed by atoms with E-state index in [0.717, 1.165) is 25.1 Å².